The van der Waals surface area contributed by atoms with Crippen molar-refractivity contribution in [3.63, 3.8) is 0 Å². The summed E-state index contributed by atoms with van der Waals surface area (Å²) < 4.78 is 98.9. The first-order chi connectivity index (χ1) is 58.4. The van der Waals surface area contributed by atoms with Crippen LogP contribution in [0.15, 0.2) is 336 Å². The lowest BCUT2D eigenvalue weighted by molar-refractivity contribution is 0.101. The zero-order valence-corrected chi connectivity index (χ0v) is 70.5. The Morgan fingerprint density at radius 2 is 0.623 bits per heavy atom. The van der Waals surface area contributed by atoms with Gasteiger partial charge in [-0.25, -0.2) is 33.7 Å². The van der Waals surface area contributed by atoms with Gasteiger partial charge in [0.25, 0.3) is 23.6 Å². The maximum absolute atomic E-state index is 12.7. The minimum absolute atomic E-state index is 0.0255. The van der Waals surface area contributed by atoms with Crippen LogP contribution < -0.4 is 27.0 Å². The van der Waals surface area contributed by atoms with Crippen molar-refractivity contribution in [3.8, 4) is 45.0 Å². The number of pyridine rings is 6. The predicted octanol–water partition coefficient (Wildman–Crippen LogP) is 16.6. The van der Waals surface area contributed by atoms with Gasteiger partial charge < -0.3 is 37.2 Å². The molecule has 0 aliphatic heterocycles. The van der Waals surface area contributed by atoms with E-state index in [4.69, 9.17) is 57.2 Å². The minimum Gasteiger partial charge on any atom is -0.392 e. The fraction of sp³-hybridized carbons (Fsp3) is 0.0787. The van der Waals surface area contributed by atoms with Gasteiger partial charge in [-0.15, -0.1) is 0 Å². The molecule has 0 radical (unpaired) electrons. The van der Waals surface area contributed by atoms with Gasteiger partial charge in [0.15, 0.2) is 39.3 Å². The SMILES string of the molecule is C[C@H](O)CS(=O)(=O)c1ccc(C(=O)Nc2ccc(Cl)c(-c3ccccn3)c2)cc1.NC(O)CS(=O)(=O)c1ccc(C(=O)Nc2ccc(Cl)c(-c3ccccn3)c2)cc1.O=C(Nc1ccc(Cl)c(-c2ccccn2)c1)c1ccc(S(=O)(=O)Cc2ccccn2)cc1.O=C(Nc1ccc(Cl)c(-c2ccccn2)c1)c1ccc(S(=O)(=O)Cc2cccnc2)cc1. The van der Waals surface area contributed by atoms with Crippen LogP contribution in [0.2, 0.25) is 20.1 Å². The van der Waals surface area contributed by atoms with E-state index >= 15 is 0 Å². The Kier molecular flexibility index (Phi) is 30.7. The monoisotopic (exact) mass is 1790 g/mol. The Morgan fingerprint density at radius 1 is 0.336 bits per heavy atom. The van der Waals surface area contributed by atoms with Crippen LogP contribution in [0.5, 0.6) is 0 Å². The third-order valence-electron chi connectivity index (χ3n) is 17.6. The highest BCUT2D eigenvalue weighted by molar-refractivity contribution is 7.92. The predicted molar refractivity (Wildman–Crippen MR) is 473 cm³/mol. The number of nitrogens with zero attached hydrogens (tertiary/aromatic N) is 6. The van der Waals surface area contributed by atoms with Gasteiger partial charge in [-0.2, -0.15) is 0 Å². The van der Waals surface area contributed by atoms with Crippen molar-refractivity contribution in [1.82, 2.24) is 29.9 Å². The number of nitrogens with two attached hydrogens (primary N) is 1. The highest BCUT2D eigenvalue weighted by Gasteiger charge is 2.24. The molecular formula is C89H73Cl4N11O14S4. The molecule has 8 aromatic carbocycles. The number of rotatable bonds is 24. The fourth-order valence-corrected chi connectivity index (χ4v) is 17.7. The molecule has 0 spiro atoms. The van der Waals surface area contributed by atoms with E-state index in [-0.39, 0.29) is 54.2 Å². The molecule has 0 aliphatic rings. The zero-order chi connectivity index (χ0) is 87.1. The third kappa shape index (κ3) is 25.2. The second-order valence-electron chi connectivity index (χ2n) is 26.7. The molecule has 14 aromatic rings. The van der Waals surface area contributed by atoms with Gasteiger partial charge >= 0.3 is 0 Å². The average molecular weight is 1790 g/mol. The normalized spacial score (nSPS) is 11.7. The molecule has 620 valence electrons. The van der Waals surface area contributed by atoms with Crippen molar-refractivity contribution in [2.75, 3.05) is 32.8 Å². The van der Waals surface area contributed by atoms with Crippen molar-refractivity contribution >= 4 is 132 Å². The van der Waals surface area contributed by atoms with Crippen LogP contribution in [0.3, 0.4) is 0 Å². The standard InChI is InChI=1S/2C24H18ClN3O3S.C21H19ClN2O4S.C20H18ClN3O4S/c25-22-12-9-18(15-21(22)23-6-2-4-14-27-23)28-24(29)17-7-10-20(11-8-17)32(30,31)16-19-5-1-3-13-26-19;25-22-11-8-19(14-21(22)23-5-1-2-13-27-23)28-24(29)18-6-9-20(10-7-18)32(30,31)16-17-4-3-12-26-15-17;1-14(25)13-29(27,28)17-8-5-15(6-9-17)21(26)24-16-7-10-19(22)18(12-16)20-4-2-3-11-23-20;21-17-9-6-14(11-16(17)18-3-1-2-10-23-18)24-20(26)13-4-7-15(8-5-13)29(27,28)12-19(22)25/h2*1-15H,16H2,(H,28,29);2-12,14,25H,13H2,1H3,(H,24,26);1-11,19,25H,12,22H2,(H,24,26)/t;;14-;/m..0./s1. The summed E-state index contributed by atoms with van der Waals surface area (Å²) in [6.07, 6.45) is 8.85. The van der Waals surface area contributed by atoms with Crippen molar-refractivity contribution in [2.45, 2.75) is 50.3 Å². The number of benzene rings is 8. The van der Waals surface area contributed by atoms with Crippen molar-refractivity contribution < 1.29 is 63.1 Å². The van der Waals surface area contributed by atoms with Gasteiger partial charge in [0.2, 0.25) is 0 Å². The summed E-state index contributed by atoms with van der Waals surface area (Å²) in [7, 11) is -14.5. The Bertz CT molecular complexity index is 6110. The third-order valence-corrected chi connectivity index (χ3v) is 25.9. The van der Waals surface area contributed by atoms with Gasteiger partial charge in [0.05, 0.1) is 97.3 Å². The summed E-state index contributed by atoms with van der Waals surface area (Å²) in [5, 5.41) is 31.6. The van der Waals surface area contributed by atoms with E-state index < -0.39 is 69.2 Å². The molecule has 2 atom stereocenters. The fourth-order valence-electron chi connectivity index (χ4n) is 11.6. The molecule has 14 rings (SSSR count). The van der Waals surface area contributed by atoms with Gasteiger partial charge in [-0.05, 0) is 249 Å². The first-order valence-corrected chi connectivity index (χ1v) is 44.8. The molecule has 6 heterocycles. The lowest BCUT2D eigenvalue weighted by Gasteiger charge is -2.10. The van der Waals surface area contributed by atoms with E-state index in [1.165, 1.54) is 110 Å². The van der Waals surface area contributed by atoms with Gasteiger partial charge in [0.1, 0.15) is 6.23 Å². The molecule has 25 nitrogen and oxygen atoms in total. The Labute approximate surface area is 723 Å². The molecule has 0 saturated carbocycles. The lowest BCUT2D eigenvalue weighted by Crippen LogP contribution is -2.29. The summed E-state index contributed by atoms with van der Waals surface area (Å²) in [5.41, 5.74) is 15.1. The molecule has 0 fully saturated rings. The largest absolute Gasteiger partial charge is 0.392 e. The number of nitrogens with one attached hydrogen (secondary N) is 4. The van der Waals surface area contributed by atoms with Crippen molar-refractivity contribution in [1.29, 1.82) is 0 Å². The van der Waals surface area contributed by atoms with Crippen molar-refractivity contribution in [2.24, 2.45) is 5.73 Å². The Balaban J connectivity index is 0.000000159. The van der Waals surface area contributed by atoms with Gasteiger partial charge in [0, 0.05) is 111 Å². The summed E-state index contributed by atoms with van der Waals surface area (Å²) in [4.78, 5) is 75.8. The molecule has 4 amide bonds. The number of aromatic nitrogens is 6. The molecule has 0 aliphatic carbocycles. The molecule has 8 N–H and O–H groups in total. The highest BCUT2D eigenvalue weighted by Crippen LogP contribution is 2.35. The van der Waals surface area contributed by atoms with Crippen molar-refractivity contribution in [3.05, 3.63) is 370 Å². The summed E-state index contributed by atoms with van der Waals surface area (Å²) in [6.45, 7) is 1.41. The molecule has 0 saturated heterocycles. The molecular weight excluding hydrogens is 1720 g/mol. The zero-order valence-electron chi connectivity index (χ0n) is 64.2. The number of anilines is 4. The number of aliphatic hydroxyl groups is 2. The van der Waals surface area contributed by atoms with Crippen LogP contribution in [0, 0.1) is 0 Å². The molecule has 6 aromatic heterocycles. The van der Waals surface area contributed by atoms with E-state index in [1.54, 1.807) is 152 Å². The van der Waals surface area contributed by atoms with Crippen LogP contribution in [0.1, 0.15) is 59.6 Å². The molecule has 1 unspecified atom stereocenters. The second-order valence-corrected chi connectivity index (χ2v) is 36.4. The smallest absolute Gasteiger partial charge is 0.255 e. The van der Waals surface area contributed by atoms with Gasteiger partial charge in [-0.1, -0.05) is 82.8 Å². The Morgan fingerprint density at radius 3 is 0.885 bits per heavy atom. The summed E-state index contributed by atoms with van der Waals surface area (Å²) in [6, 6.07) is 73.4. The number of carbonyl (C=O) groups is 4. The maximum atomic E-state index is 12.7. The number of carbonyl (C=O) groups excluding carboxylic acids is 4. The van der Waals surface area contributed by atoms with E-state index in [0.29, 0.717) is 116 Å². The van der Waals surface area contributed by atoms with Gasteiger partial charge in [-0.3, -0.25) is 49.1 Å². The van der Waals surface area contributed by atoms with Crippen LogP contribution in [0.25, 0.3) is 45.0 Å². The number of hydrogen-bond donors (Lipinski definition) is 7. The van der Waals surface area contributed by atoms with E-state index in [0.717, 1.165) is 0 Å². The van der Waals surface area contributed by atoms with Crippen LogP contribution >= 0.6 is 46.4 Å². The summed E-state index contributed by atoms with van der Waals surface area (Å²) >= 11 is 25.1. The molecule has 33 heteroatoms. The van der Waals surface area contributed by atoms with E-state index in [1.807, 2.05) is 60.7 Å². The van der Waals surface area contributed by atoms with E-state index in [9.17, 15) is 58.0 Å². The highest BCUT2D eigenvalue weighted by atomic mass is 35.5. The topological polar surface area (TPSA) is 397 Å². The molecule has 122 heavy (non-hydrogen) atoms. The first kappa shape index (κ1) is 90.2. The molecule has 0 bridgehead atoms. The quantitative estimate of drug-likeness (QED) is 0.0276. The number of aliphatic hydroxyl groups excluding tert-OH is 2. The van der Waals surface area contributed by atoms with Crippen LogP contribution in [0.4, 0.5) is 22.7 Å². The average Bonchev–Trinajstić information content (AvgIpc) is 0.831. The Hall–Kier alpha value is -12.6. The maximum Gasteiger partial charge on any atom is 0.255 e. The first-order valence-electron chi connectivity index (χ1n) is 36.7. The number of hydrogen-bond acceptors (Lipinski definition) is 21. The second kappa shape index (κ2) is 41.6. The number of amides is 4. The minimum atomic E-state index is -3.73. The number of halogens is 4. The van der Waals surface area contributed by atoms with E-state index in [2.05, 4.69) is 51.2 Å². The van der Waals surface area contributed by atoms with Crippen LogP contribution in [-0.2, 0) is 50.9 Å². The van der Waals surface area contributed by atoms with Crippen LogP contribution in [-0.4, -0.2) is 121 Å². The number of sulfone groups is 4. The summed E-state index contributed by atoms with van der Waals surface area (Å²) in [5.74, 6) is -2.88. The lowest BCUT2D eigenvalue weighted by atomic mass is 10.1.